The maximum atomic E-state index is 11.0. The molecule has 0 unspecified atom stereocenters. The minimum atomic E-state index is -1.03. The van der Waals surface area contributed by atoms with Gasteiger partial charge in [0, 0.05) is 11.3 Å². The van der Waals surface area contributed by atoms with Gasteiger partial charge in [-0.25, -0.2) is 9.78 Å². The summed E-state index contributed by atoms with van der Waals surface area (Å²) in [6.07, 6.45) is 3.36. The smallest absolute Gasteiger partial charge is 0.337 e. The Labute approximate surface area is 121 Å². The number of nitrogens with zero attached hydrogens (tertiary/aromatic N) is 1. The van der Waals surface area contributed by atoms with Crippen LogP contribution in [0.15, 0.2) is 55.0 Å². The molecule has 3 aromatic rings. The number of aromatic amines is 1. The van der Waals surface area contributed by atoms with Crippen molar-refractivity contribution in [1.29, 1.82) is 0 Å². The Balaban J connectivity index is 2.14. The van der Waals surface area contributed by atoms with Crippen molar-refractivity contribution in [2.24, 2.45) is 0 Å². The first kappa shape index (κ1) is 12.9. The van der Waals surface area contributed by atoms with Gasteiger partial charge in [0.1, 0.15) is 0 Å². The van der Waals surface area contributed by atoms with Crippen LogP contribution >= 0.6 is 0 Å². The van der Waals surface area contributed by atoms with Gasteiger partial charge in [-0.05, 0) is 23.3 Å². The predicted octanol–water partition coefficient (Wildman–Crippen LogP) is 3.02. The minimum Gasteiger partial charge on any atom is -0.478 e. The van der Waals surface area contributed by atoms with E-state index < -0.39 is 5.97 Å². The number of carbonyl (C=O) groups is 1. The van der Waals surface area contributed by atoms with Crippen LogP contribution in [0.5, 0.6) is 0 Å². The molecule has 0 amide bonds. The highest BCUT2D eigenvalue weighted by molar-refractivity contribution is 5.95. The molecule has 1 heterocycles. The summed E-state index contributed by atoms with van der Waals surface area (Å²) in [5, 5.41) is 9.04. The highest BCUT2D eigenvalue weighted by Crippen LogP contribution is 2.32. The van der Waals surface area contributed by atoms with Crippen LogP contribution in [-0.2, 0) is 0 Å². The number of H-pyrrole nitrogens is 1. The summed E-state index contributed by atoms with van der Waals surface area (Å²) in [4.78, 5) is 18.1. The monoisotopic (exact) mass is 279 g/mol. The third-order valence-corrected chi connectivity index (χ3v) is 3.31. The molecule has 0 fully saturated rings. The van der Waals surface area contributed by atoms with Gasteiger partial charge in [-0.15, -0.1) is 0 Å². The molecule has 0 bridgehead atoms. The molecule has 21 heavy (non-hydrogen) atoms. The van der Waals surface area contributed by atoms with Gasteiger partial charge in [0.05, 0.1) is 23.8 Å². The molecule has 1 aromatic heterocycles. The number of carboxylic acids is 1. The van der Waals surface area contributed by atoms with Gasteiger partial charge in [-0.2, -0.15) is 0 Å². The van der Waals surface area contributed by atoms with Crippen LogP contribution < -0.4 is 5.73 Å². The van der Waals surface area contributed by atoms with Crippen molar-refractivity contribution in [3.05, 3.63) is 60.6 Å². The number of imidazole rings is 1. The Kier molecular flexibility index (Phi) is 3.16. The molecule has 5 nitrogen and oxygen atoms in total. The van der Waals surface area contributed by atoms with Gasteiger partial charge < -0.3 is 15.8 Å². The molecule has 0 saturated heterocycles. The number of hydrogen-bond donors (Lipinski definition) is 3. The Hall–Kier alpha value is -3.08. The van der Waals surface area contributed by atoms with E-state index in [4.69, 9.17) is 10.8 Å². The Morgan fingerprint density at radius 2 is 1.90 bits per heavy atom. The zero-order chi connectivity index (χ0) is 14.8. The van der Waals surface area contributed by atoms with Crippen LogP contribution in [0.4, 0.5) is 5.69 Å². The Bertz CT molecular complexity index is 795. The summed E-state index contributed by atoms with van der Waals surface area (Å²) in [6, 6.07) is 12.8. The number of nitrogen functional groups attached to an aromatic ring is 1. The molecular weight excluding hydrogens is 266 g/mol. The van der Waals surface area contributed by atoms with E-state index in [1.807, 2.05) is 24.3 Å². The van der Waals surface area contributed by atoms with Crippen molar-refractivity contribution >= 4 is 11.7 Å². The van der Waals surface area contributed by atoms with Crippen LogP contribution in [0, 0.1) is 0 Å². The number of aromatic nitrogens is 2. The second kappa shape index (κ2) is 5.13. The van der Waals surface area contributed by atoms with E-state index in [0.29, 0.717) is 0 Å². The molecule has 0 spiro atoms. The highest BCUT2D eigenvalue weighted by Gasteiger charge is 2.12. The molecule has 0 saturated carbocycles. The quantitative estimate of drug-likeness (QED) is 0.642. The molecule has 5 heteroatoms. The molecule has 104 valence electrons. The second-order valence-corrected chi connectivity index (χ2v) is 4.62. The third kappa shape index (κ3) is 2.36. The zero-order valence-corrected chi connectivity index (χ0v) is 11.1. The predicted molar refractivity (Wildman–Crippen MR) is 80.8 cm³/mol. The molecule has 0 radical (unpaired) electrons. The number of benzene rings is 2. The summed E-state index contributed by atoms with van der Waals surface area (Å²) in [6.45, 7) is 0. The van der Waals surface area contributed by atoms with Gasteiger partial charge in [-0.1, -0.05) is 30.3 Å². The number of nitrogens with two attached hydrogens (primary N) is 1. The molecular formula is C16H13N3O2. The summed E-state index contributed by atoms with van der Waals surface area (Å²) in [5.74, 6) is -1.03. The van der Waals surface area contributed by atoms with Crippen LogP contribution in [0.1, 0.15) is 10.4 Å². The van der Waals surface area contributed by atoms with Crippen molar-refractivity contribution in [3.8, 4) is 22.4 Å². The molecule has 0 aliphatic rings. The zero-order valence-electron chi connectivity index (χ0n) is 11.1. The minimum absolute atomic E-state index is 0.109. The summed E-state index contributed by atoms with van der Waals surface area (Å²) in [5.41, 5.74) is 9.89. The van der Waals surface area contributed by atoms with E-state index in [-0.39, 0.29) is 11.3 Å². The molecule has 2 aromatic carbocycles. The number of rotatable bonds is 3. The van der Waals surface area contributed by atoms with E-state index in [1.165, 1.54) is 6.07 Å². The molecule has 4 N–H and O–H groups in total. The lowest BCUT2D eigenvalue weighted by molar-refractivity contribution is 0.0698. The first-order valence-corrected chi connectivity index (χ1v) is 6.38. The summed E-state index contributed by atoms with van der Waals surface area (Å²) < 4.78 is 0. The van der Waals surface area contributed by atoms with Gasteiger partial charge >= 0.3 is 5.97 Å². The van der Waals surface area contributed by atoms with Crippen LogP contribution in [0.2, 0.25) is 0 Å². The van der Waals surface area contributed by atoms with Crippen molar-refractivity contribution in [3.63, 3.8) is 0 Å². The number of anilines is 1. The van der Waals surface area contributed by atoms with Crippen LogP contribution in [0.25, 0.3) is 22.4 Å². The number of carboxylic acid groups (broad SMARTS) is 1. The Morgan fingerprint density at radius 3 is 2.52 bits per heavy atom. The lowest BCUT2D eigenvalue weighted by Gasteiger charge is -2.10. The lowest BCUT2D eigenvalue weighted by atomic mass is 9.96. The van der Waals surface area contributed by atoms with Crippen LogP contribution in [-0.4, -0.2) is 21.0 Å². The molecule has 0 atom stereocenters. The normalized spacial score (nSPS) is 10.5. The SMILES string of the molecule is Nc1cc(-c2ccccc2-c2cnc[nH]2)ccc1C(=O)O. The topological polar surface area (TPSA) is 92.0 Å². The lowest BCUT2D eigenvalue weighted by Crippen LogP contribution is -2.02. The maximum Gasteiger partial charge on any atom is 0.337 e. The van der Waals surface area contributed by atoms with Gasteiger partial charge in [0.15, 0.2) is 0 Å². The molecule has 0 aliphatic carbocycles. The summed E-state index contributed by atoms with van der Waals surface area (Å²) >= 11 is 0. The fourth-order valence-electron chi connectivity index (χ4n) is 2.30. The standard InChI is InChI=1S/C16H13N3O2/c17-14-7-10(5-6-13(14)16(20)21)11-3-1-2-4-12(11)15-8-18-9-19-15/h1-9H,17H2,(H,18,19)(H,20,21). The van der Waals surface area contributed by atoms with E-state index in [9.17, 15) is 4.79 Å². The van der Waals surface area contributed by atoms with Crippen molar-refractivity contribution in [2.45, 2.75) is 0 Å². The highest BCUT2D eigenvalue weighted by atomic mass is 16.4. The average molecular weight is 279 g/mol. The fourth-order valence-corrected chi connectivity index (χ4v) is 2.30. The molecule has 0 aliphatic heterocycles. The first-order chi connectivity index (χ1) is 10.2. The van der Waals surface area contributed by atoms with Gasteiger partial charge in [0.2, 0.25) is 0 Å². The van der Waals surface area contributed by atoms with Gasteiger partial charge in [-0.3, -0.25) is 0 Å². The van der Waals surface area contributed by atoms with Crippen molar-refractivity contribution in [2.75, 3.05) is 5.73 Å². The first-order valence-electron chi connectivity index (χ1n) is 6.38. The van der Waals surface area contributed by atoms with Crippen molar-refractivity contribution < 1.29 is 9.90 Å². The van der Waals surface area contributed by atoms with Gasteiger partial charge in [0.25, 0.3) is 0 Å². The average Bonchev–Trinajstić information content (AvgIpc) is 3.01. The van der Waals surface area contributed by atoms with Crippen molar-refractivity contribution in [1.82, 2.24) is 9.97 Å². The van der Waals surface area contributed by atoms with E-state index >= 15 is 0 Å². The van der Waals surface area contributed by atoms with Crippen LogP contribution in [0.3, 0.4) is 0 Å². The Morgan fingerprint density at radius 1 is 1.14 bits per heavy atom. The maximum absolute atomic E-state index is 11.0. The number of hydrogen-bond acceptors (Lipinski definition) is 3. The largest absolute Gasteiger partial charge is 0.478 e. The van der Waals surface area contributed by atoms with E-state index in [2.05, 4.69) is 9.97 Å². The number of aromatic carboxylic acids is 1. The fraction of sp³-hybridized carbons (Fsp3) is 0. The molecule has 3 rings (SSSR count). The summed E-state index contributed by atoms with van der Waals surface area (Å²) in [7, 11) is 0. The van der Waals surface area contributed by atoms with E-state index in [0.717, 1.165) is 22.4 Å². The third-order valence-electron chi connectivity index (χ3n) is 3.31. The second-order valence-electron chi connectivity index (χ2n) is 4.62. The number of nitrogens with one attached hydrogen (secondary N) is 1. The van der Waals surface area contributed by atoms with E-state index in [1.54, 1.807) is 24.7 Å².